The Morgan fingerprint density at radius 3 is 2.69 bits per heavy atom. The molecule has 0 saturated carbocycles. The number of urea groups is 2. The lowest BCUT2D eigenvalue weighted by Gasteiger charge is -2.22. The van der Waals surface area contributed by atoms with Crippen LogP contribution in [-0.4, -0.2) is 40.9 Å². The van der Waals surface area contributed by atoms with Crippen LogP contribution in [0.15, 0.2) is 22.8 Å². The van der Waals surface area contributed by atoms with Gasteiger partial charge in [0, 0.05) is 0 Å². The summed E-state index contributed by atoms with van der Waals surface area (Å²) in [5, 5.41) is 7.16. The van der Waals surface area contributed by atoms with Crippen LogP contribution >= 0.6 is 0 Å². The van der Waals surface area contributed by atoms with Crippen molar-refractivity contribution in [3.05, 3.63) is 24.2 Å². The van der Waals surface area contributed by atoms with Crippen LogP contribution in [0.3, 0.4) is 0 Å². The molecule has 3 N–H and O–H groups in total. The molecule has 0 radical (unpaired) electrons. The Morgan fingerprint density at radius 2 is 2.08 bits per heavy atom. The first-order valence-corrected chi connectivity index (χ1v) is 8.45. The fourth-order valence-electron chi connectivity index (χ4n) is 2.57. The van der Waals surface area contributed by atoms with Crippen molar-refractivity contribution >= 4 is 23.9 Å². The summed E-state index contributed by atoms with van der Waals surface area (Å²) < 4.78 is 5.05. The van der Waals surface area contributed by atoms with Gasteiger partial charge in [-0.3, -0.25) is 19.8 Å². The number of nitrogens with zero attached hydrogens (tertiary/aromatic N) is 1. The summed E-state index contributed by atoms with van der Waals surface area (Å²) in [5.41, 5.74) is -1.02. The molecule has 0 bridgehead atoms. The average molecular weight is 364 g/mol. The molecule has 2 heterocycles. The van der Waals surface area contributed by atoms with Crippen molar-refractivity contribution < 1.29 is 23.6 Å². The van der Waals surface area contributed by atoms with Crippen LogP contribution in [0.2, 0.25) is 0 Å². The van der Waals surface area contributed by atoms with Crippen LogP contribution in [0.1, 0.15) is 39.4 Å². The number of nitrogens with one attached hydrogen (secondary N) is 3. The normalized spacial score (nSPS) is 19.6. The van der Waals surface area contributed by atoms with E-state index in [0.717, 1.165) is 11.3 Å². The summed E-state index contributed by atoms with van der Waals surface area (Å²) in [4.78, 5) is 49.1. The zero-order chi connectivity index (χ0) is 19.3. The summed E-state index contributed by atoms with van der Waals surface area (Å²) in [7, 11) is 0. The van der Waals surface area contributed by atoms with Crippen molar-refractivity contribution in [3.63, 3.8) is 0 Å². The van der Waals surface area contributed by atoms with Crippen molar-refractivity contribution in [2.45, 2.75) is 45.7 Å². The molecule has 1 atom stereocenters. The van der Waals surface area contributed by atoms with Gasteiger partial charge in [-0.05, 0) is 37.8 Å². The highest BCUT2D eigenvalue weighted by molar-refractivity contribution is 6.09. The van der Waals surface area contributed by atoms with E-state index in [9.17, 15) is 19.2 Å². The lowest BCUT2D eigenvalue weighted by atomic mass is 9.92. The van der Waals surface area contributed by atoms with Crippen LogP contribution in [0.4, 0.5) is 9.59 Å². The van der Waals surface area contributed by atoms with Gasteiger partial charge in [0.15, 0.2) is 0 Å². The van der Waals surface area contributed by atoms with Gasteiger partial charge in [0.1, 0.15) is 17.8 Å². The van der Waals surface area contributed by atoms with E-state index >= 15 is 0 Å². The molecule has 1 aromatic heterocycles. The molecule has 26 heavy (non-hydrogen) atoms. The Labute approximate surface area is 151 Å². The highest BCUT2D eigenvalue weighted by Crippen LogP contribution is 2.24. The number of furan rings is 1. The molecule has 0 aliphatic carbocycles. The Morgan fingerprint density at radius 1 is 1.35 bits per heavy atom. The highest BCUT2D eigenvalue weighted by Gasteiger charge is 2.47. The number of imide groups is 2. The van der Waals surface area contributed by atoms with Gasteiger partial charge in [-0.1, -0.05) is 13.8 Å². The monoisotopic (exact) mass is 364 g/mol. The van der Waals surface area contributed by atoms with E-state index in [0.29, 0.717) is 18.1 Å². The maximum Gasteiger partial charge on any atom is 0.325 e. The number of hydrogen-bond donors (Lipinski definition) is 3. The van der Waals surface area contributed by atoms with Crippen LogP contribution < -0.4 is 16.0 Å². The second-order valence-corrected chi connectivity index (χ2v) is 6.90. The van der Waals surface area contributed by atoms with Gasteiger partial charge < -0.3 is 15.1 Å². The maximum absolute atomic E-state index is 12.5. The molecule has 6 amide bonds. The van der Waals surface area contributed by atoms with Crippen molar-refractivity contribution in [2.24, 2.45) is 5.92 Å². The van der Waals surface area contributed by atoms with Gasteiger partial charge in [-0.25, -0.2) is 9.59 Å². The molecular weight excluding hydrogens is 340 g/mol. The Hall–Kier alpha value is -2.84. The first-order valence-electron chi connectivity index (χ1n) is 8.45. The van der Waals surface area contributed by atoms with E-state index in [1.54, 1.807) is 19.1 Å². The Balaban J connectivity index is 1.84. The molecule has 142 valence electrons. The number of carbonyl (C=O) groups is 4. The molecule has 2 rings (SSSR count). The second-order valence-electron chi connectivity index (χ2n) is 6.90. The van der Waals surface area contributed by atoms with Crippen LogP contribution in [0.25, 0.3) is 0 Å². The molecule has 1 fully saturated rings. The molecule has 1 saturated heterocycles. The van der Waals surface area contributed by atoms with Crippen LogP contribution in [0.5, 0.6) is 0 Å². The molecule has 0 spiro atoms. The van der Waals surface area contributed by atoms with Gasteiger partial charge in [-0.15, -0.1) is 0 Å². The zero-order valence-electron chi connectivity index (χ0n) is 15.1. The standard InChI is InChI=1S/C17H24N4O5/c1-11(2)6-7-17(3)14(23)21(16(25)20-17)10-13(22)19-15(24)18-9-12-5-4-8-26-12/h4-5,8,11H,6-7,9-10H2,1-3H3,(H,20,25)(H2,18,19,22,24)/t17-/m0/s1. The van der Waals surface area contributed by atoms with Crippen molar-refractivity contribution in [1.29, 1.82) is 0 Å². The van der Waals surface area contributed by atoms with E-state index < -0.39 is 36.0 Å². The lowest BCUT2D eigenvalue weighted by Crippen LogP contribution is -2.47. The number of hydrogen-bond acceptors (Lipinski definition) is 5. The smallest absolute Gasteiger partial charge is 0.325 e. The van der Waals surface area contributed by atoms with E-state index in [1.807, 2.05) is 13.8 Å². The number of carbonyl (C=O) groups excluding carboxylic acids is 4. The highest BCUT2D eigenvalue weighted by atomic mass is 16.3. The summed E-state index contributed by atoms with van der Waals surface area (Å²) in [6.45, 7) is 5.29. The molecule has 1 aromatic rings. The summed E-state index contributed by atoms with van der Waals surface area (Å²) >= 11 is 0. The minimum Gasteiger partial charge on any atom is -0.467 e. The maximum atomic E-state index is 12.5. The van der Waals surface area contributed by atoms with Crippen molar-refractivity contribution in [2.75, 3.05) is 6.54 Å². The van der Waals surface area contributed by atoms with Gasteiger partial charge in [0.25, 0.3) is 5.91 Å². The lowest BCUT2D eigenvalue weighted by molar-refractivity contribution is -0.134. The largest absolute Gasteiger partial charge is 0.467 e. The van der Waals surface area contributed by atoms with E-state index in [4.69, 9.17) is 4.42 Å². The van der Waals surface area contributed by atoms with E-state index in [-0.39, 0.29) is 6.54 Å². The van der Waals surface area contributed by atoms with Crippen LogP contribution in [-0.2, 0) is 16.1 Å². The Bertz CT molecular complexity index is 685. The van der Waals surface area contributed by atoms with Gasteiger partial charge in [-0.2, -0.15) is 0 Å². The SMILES string of the molecule is CC(C)CC[C@]1(C)NC(=O)N(CC(=O)NC(=O)NCc2ccco2)C1=O. The second kappa shape index (κ2) is 8.03. The van der Waals surface area contributed by atoms with E-state index in [2.05, 4.69) is 16.0 Å². The minimum atomic E-state index is -1.02. The number of amides is 6. The van der Waals surface area contributed by atoms with Crippen molar-refractivity contribution in [1.82, 2.24) is 20.9 Å². The molecule has 0 aromatic carbocycles. The number of rotatable bonds is 7. The van der Waals surface area contributed by atoms with Crippen molar-refractivity contribution in [3.8, 4) is 0 Å². The predicted molar refractivity (Wildman–Crippen MR) is 91.8 cm³/mol. The van der Waals surface area contributed by atoms with Gasteiger partial charge in [0.05, 0.1) is 12.8 Å². The molecule has 9 nitrogen and oxygen atoms in total. The minimum absolute atomic E-state index is 0.114. The predicted octanol–water partition coefficient (Wildman–Crippen LogP) is 1.35. The fraction of sp³-hybridized carbons (Fsp3) is 0.529. The van der Waals surface area contributed by atoms with Crippen LogP contribution in [0, 0.1) is 5.92 Å². The first kappa shape index (κ1) is 19.5. The topological polar surface area (TPSA) is 121 Å². The Kier molecular flexibility index (Phi) is 6.01. The molecule has 0 unspecified atom stereocenters. The third-order valence-corrected chi connectivity index (χ3v) is 4.12. The quantitative estimate of drug-likeness (QED) is 0.631. The van der Waals surface area contributed by atoms with E-state index in [1.165, 1.54) is 6.26 Å². The van der Waals surface area contributed by atoms with Gasteiger partial charge in [0.2, 0.25) is 5.91 Å². The summed E-state index contributed by atoms with van der Waals surface area (Å²) in [6.07, 6.45) is 2.71. The average Bonchev–Trinajstić information content (AvgIpc) is 3.15. The molecule has 1 aliphatic rings. The van der Waals surface area contributed by atoms with Gasteiger partial charge >= 0.3 is 12.1 Å². The molecule has 1 aliphatic heterocycles. The fourth-order valence-corrected chi connectivity index (χ4v) is 2.57. The summed E-state index contributed by atoms with van der Waals surface area (Å²) in [5.74, 6) is -0.304. The third kappa shape index (κ3) is 4.84. The first-order chi connectivity index (χ1) is 12.2. The zero-order valence-corrected chi connectivity index (χ0v) is 15.1. The molecular formula is C17H24N4O5. The third-order valence-electron chi connectivity index (χ3n) is 4.12. The molecule has 9 heteroatoms. The summed E-state index contributed by atoms with van der Waals surface area (Å²) in [6, 6.07) is 1.98.